The van der Waals surface area contributed by atoms with E-state index in [2.05, 4.69) is 26.6 Å². The molecule has 1 aliphatic heterocycles. The number of likely N-dealkylation sites (tertiary alicyclic amines) is 1. The van der Waals surface area contributed by atoms with E-state index in [0.717, 1.165) is 46.2 Å². The van der Waals surface area contributed by atoms with Gasteiger partial charge in [-0.1, -0.05) is 42.5 Å². The molecule has 162 valence electrons. The van der Waals surface area contributed by atoms with Crippen molar-refractivity contribution in [3.05, 3.63) is 70.0 Å². The van der Waals surface area contributed by atoms with E-state index in [9.17, 15) is 4.79 Å². The molecule has 1 aliphatic rings. The Morgan fingerprint density at radius 1 is 1.16 bits per heavy atom. The van der Waals surface area contributed by atoms with Gasteiger partial charge < -0.3 is 10.1 Å². The number of rotatable bonds is 8. The lowest BCUT2D eigenvalue weighted by Crippen LogP contribution is -2.37. The van der Waals surface area contributed by atoms with Crippen LogP contribution in [0.1, 0.15) is 35.0 Å². The van der Waals surface area contributed by atoms with Crippen LogP contribution in [-0.2, 0) is 11.2 Å². The standard InChI is InChI=1S/C25H29N3O2S/c1-18-27-22(17-31-18)20-11-9-19(10-12-20)15-25(29)26-16-23(28-13-5-6-14-28)21-7-3-4-8-24(21)30-2/h3-4,7-12,17,23H,5-6,13-16H2,1-2H3,(H,26,29). The summed E-state index contributed by atoms with van der Waals surface area (Å²) in [6, 6.07) is 16.4. The van der Waals surface area contributed by atoms with Gasteiger partial charge in [-0.25, -0.2) is 4.98 Å². The first-order chi connectivity index (χ1) is 15.1. The van der Waals surface area contributed by atoms with Crippen LogP contribution in [0.2, 0.25) is 0 Å². The highest BCUT2D eigenvalue weighted by Crippen LogP contribution is 2.31. The largest absolute Gasteiger partial charge is 0.496 e. The molecule has 1 aromatic heterocycles. The van der Waals surface area contributed by atoms with Gasteiger partial charge in [0.25, 0.3) is 0 Å². The van der Waals surface area contributed by atoms with Crippen molar-refractivity contribution in [3.63, 3.8) is 0 Å². The molecule has 5 nitrogen and oxygen atoms in total. The molecule has 6 heteroatoms. The number of nitrogens with zero attached hydrogens (tertiary/aromatic N) is 2. The molecule has 1 saturated heterocycles. The monoisotopic (exact) mass is 435 g/mol. The highest BCUT2D eigenvalue weighted by atomic mass is 32.1. The second-order valence-electron chi connectivity index (χ2n) is 7.93. The summed E-state index contributed by atoms with van der Waals surface area (Å²) < 4.78 is 5.59. The average molecular weight is 436 g/mol. The van der Waals surface area contributed by atoms with Gasteiger partial charge in [-0.05, 0) is 44.5 Å². The van der Waals surface area contributed by atoms with Crippen LogP contribution in [0.15, 0.2) is 53.9 Å². The lowest BCUT2D eigenvalue weighted by molar-refractivity contribution is -0.120. The maximum atomic E-state index is 12.7. The first-order valence-corrected chi connectivity index (χ1v) is 11.7. The Balaban J connectivity index is 1.39. The van der Waals surface area contributed by atoms with Gasteiger partial charge in [-0.2, -0.15) is 0 Å². The zero-order valence-electron chi connectivity index (χ0n) is 18.1. The number of amides is 1. The molecule has 0 radical (unpaired) electrons. The Bertz CT molecular complexity index is 1010. The zero-order valence-corrected chi connectivity index (χ0v) is 19.0. The minimum atomic E-state index is 0.0383. The minimum Gasteiger partial charge on any atom is -0.496 e. The molecular weight excluding hydrogens is 406 g/mol. The number of ether oxygens (including phenoxy) is 1. The van der Waals surface area contributed by atoms with E-state index in [1.165, 1.54) is 12.8 Å². The molecule has 3 aromatic rings. The number of thiazole rings is 1. The lowest BCUT2D eigenvalue weighted by Gasteiger charge is -2.29. The quantitative estimate of drug-likeness (QED) is 0.561. The summed E-state index contributed by atoms with van der Waals surface area (Å²) in [5.74, 6) is 0.915. The molecule has 1 amide bonds. The summed E-state index contributed by atoms with van der Waals surface area (Å²) in [6.45, 7) is 4.69. The number of hydrogen-bond donors (Lipinski definition) is 1. The third-order valence-corrected chi connectivity index (χ3v) is 6.58. The Morgan fingerprint density at radius 2 is 1.90 bits per heavy atom. The smallest absolute Gasteiger partial charge is 0.224 e. The van der Waals surface area contributed by atoms with Gasteiger partial charge in [0.05, 0.1) is 30.3 Å². The van der Waals surface area contributed by atoms with E-state index >= 15 is 0 Å². The summed E-state index contributed by atoms with van der Waals surface area (Å²) in [5, 5.41) is 6.28. The van der Waals surface area contributed by atoms with Gasteiger partial charge in [-0.3, -0.25) is 9.69 Å². The maximum absolute atomic E-state index is 12.7. The highest BCUT2D eigenvalue weighted by Gasteiger charge is 2.26. The molecule has 2 heterocycles. The predicted octanol–water partition coefficient (Wildman–Crippen LogP) is 4.62. The summed E-state index contributed by atoms with van der Waals surface area (Å²) in [4.78, 5) is 19.7. The van der Waals surface area contributed by atoms with Crippen molar-refractivity contribution < 1.29 is 9.53 Å². The van der Waals surface area contributed by atoms with Crippen LogP contribution in [0.5, 0.6) is 5.75 Å². The molecule has 0 spiro atoms. The zero-order chi connectivity index (χ0) is 21.6. The van der Waals surface area contributed by atoms with Crippen molar-refractivity contribution in [2.75, 3.05) is 26.7 Å². The number of carbonyl (C=O) groups is 1. The van der Waals surface area contributed by atoms with Crippen molar-refractivity contribution in [1.82, 2.24) is 15.2 Å². The molecule has 1 unspecified atom stereocenters. The number of aromatic nitrogens is 1. The molecule has 0 saturated carbocycles. The summed E-state index contributed by atoms with van der Waals surface area (Å²) in [5.41, 5.74) is 4.21. The third-order valence-electron chi connectivity index (χ3n) is 5.81. The van der Waals surface area contributed by atoms with Gasteiger partial charge in [0.2, 0.25) is 5.91 Å². The van der Waals surface area contributed by atoms with Gasteiger partial charge in [0.15, 0.2) is 0 Å². The first kappa shape index (κ1) is 21.5. The van der Waals surface area contributed by atoms with E-state index < -0.39 is 0 Å². The molecular formula is C25H29N3O2S. The van der Waals surface area contributed by atoms with Crippen LogP contribution in [0, 0.1) is 6.92 Å². The Kier molecular flexibility index (Phi) is 6.99. The summed E-state index contributed by atoms with van der Waals surface area (Å²) in [6.07, 6.45) is 2.77. The number of para-hydroxylation sites is 1. The Hall–Kier alpha value is -2.70. The summed E-state index contributed by atoms with van der Waals surface area (Å²) >= 11 is 1.65. The fraction of sp³-hybridized carbons (Fsp3) is 0.360. The van der Waals surface area contributed by atoms with Gasteiger partial charge in [0, 0.05) is 23.1 Å². The van der Waals surface area contributed by atoms with Crippen LogP contribution in [0.25, 0.3) is 11.3 Å². The number of benzene rings is 2. The normalized spacial score (nSPS) is 15.0. The van der Waals surface area contributed by atoms with E-state index in [-0.39, 0.29) is 11.9 Å². The van der Waals surface area contributed by atoms with Gasteiger partial charge >= 0.3 is 0 Å². The van der Waals surface area contributed by atoms with Crippen LogP contribution >= 0.6 is 11.3 Å². The minimum absolute atomic E-state index is 0.0383. The lowest BCUT2D eigenvalue weighted by atomic mass is 10.0. The Labute approximate surface area is 188 Å². The van der Waals surface area contributed by atoms with Crippen molar-refractivity contribution in [2.45, 2.75) is 32.2 Å². The number of carbonyl (C=O) groups excluding carboxylic acids is 1. The molecule has 0 bridgehead atoms. The highest BCUT2D eigenvalue weighted by molar-refractivity contribution is 7.09. The molecule has 0 aliphatic carbocycles. The van der Waals surface area contributed by atoms with Crippen LogP contribution in [0.3, 0.4) is 0 Å². The number of aryl methyl sites for hydroxylation is 1. The molecule has 1 fully saturated rings. The van der Waals surface area contributed by atoms with Crippen molar-refractivity contribution in [1.29, 1.82) is 0 Å². The van der Waals surface area contributed by atoms with Crippen LogP contribution in [0.4, 0.5) is 0 Å². The van der Waals surface area contributed by atoms with Crippen molar-refractivity contribution >= 4 is 17.2 Å². The molecule has 31 heavy (non-hydrogen) atoms. The molecule has 2 aromatic carbocycles. The third kappa shape index (κ3) is 5.32. The van der Waals surface area contributed by atoms with E-state index in [1.807, 2.05) is 49.4 Å². The van der Waals surface area contributed by atoms with E-state index in [1.54, 1.807) is 18.4 Å². The number of methoxy groups -OCH3 is 1. The SMILES string of the molecule is COc1ccccc1C(CNC(=O)Cc1ccc(-c2csc(C)n2)cc1)N1CCCC1. The van der Waals surface area contributed by atoms with Gasteiger partial charge in [0.1, 0.15) is 5.75 Å². The fourth-order valence-electron chi connectivity index (χ4n) is 4.18. The van der Waals surface area contributed by atoms with E-state index in [4.69, 9.17) is 4.74 Å². The average Bonchev–Trinajstić information content (AvgIpc) is 3.47. The van der Waals surface area contributed by atoms with Crippen LogP contribution in [-0.4, -0.2) is 42.5 Å². The second kappa shape index (κ2) is 10.1. The maximum Gasteiger partial charge on any atom is 0.224 e. The first-order valence-electron chi connectivity index (χ1n) is 10.8. The molecule has 4 rings (SSSR count). The van der Waals surface area contributed by atoms with Crippen molar-refractivity contribution in [3.8, 4) is 17.0 Å². The number of nitrogens with one attached hydrogen (secondary N) is 1. The summed E-state index contributed by atoms with van der Waals surface area (Å²) in [7, 11) is 1.70. The van der Waals surface area contributed by atoms with Crippen molar-refractivity contribution in [2.24, 2.45) is 0 Å². The topological polar surface area (TPSA) is 54.5 Å². The van der Waals surface area contributed by atoms with Crippen LogP contribution < -0.4 is 10.1 Å². The molecule has 1 N–H and O–H groups in total. The Morgan fingerprint density at radius 3 is 2.58 bits per heavy atom. The van der Waals surface area contributed by atoms with E-state index in [0.29, 0.717) is 13.0 Å². The second-order valence-corrected chi connectivity index (χ2v) is 8.99. The predicted molar refractivity (Wildman–Crippen MR) is 126 cm³/mol. The van der Waals surface area contributed by atoms with Gasteiger partial charge in [-0.15, -0.1) is 11.3 Å². The number of hydrogen-bond acceptors (Lipinski definition) is 5. The fourth-order valence-corrected chi connectivity index (χ4v) is 4.80. The molecule has 1 atom stereocenters.